The van der Waals surface area contributed by atoms with E-state index in [0.717, 1.165) is 17.7 Å². The number of carbonyl (C=O) groups is 6. The number of allylic oxidation sites excluding steroid dienone is 2. The largest absolute Gasteiger partial charge is 0.444 e. The number of nitrogens with one attached hydrogen (secondary N) is 3. The number of rotatable bonds is 14. The standard InChI is InChI=1S/C38H48FN5O10S/c1-5-24-18-38(24,34(48)42-55(51,52)27-14-15-27)41-32(46)31-17-26(53-36(50)43-19-23-7-6-8-29(39)28(23)21-43)20-44(31)33(47)30(40-35(49)54-37(2,3)4)16-13-25(45)12-11-22-9-10-22/h5-8,11,24,26-27,30-31H,1,9-10,12-21H2,2-4H3,(H,40,49)(H,41,46)(H,42,48)/t24-,26?,30+,31+,38-/m1/s1. The first-order valence-corrected chi connectivity index (χ1v) is 20.2. The number of benzene rings is 1. The molecule has 0 bridgehead atoms. The summed E-state index contributed by atoms with van der Waals surface area (Å²) >= 11 is 0. The van der Waals surface area contributed by atoms with Crippen molar-refractivity contribution >= 4 is 45.7 Å². The minimum Gasteiger partial charge on any atom is -0.444 e. The molecule has 5 amide bonds. The predicted molar refractivity (Wildman–Crippen MR) is 195 cm³/mol. The average Bonchev–Trinajstić information content (AvgIpc) is 4.04. The van der Waals surface area contributed by atoms with Gasteiger partial charge >= 0.3 is 12.2 Å². The number of hydrogen-bond acceptors (Lipinski definition) is 10. The van der Waals surface area contributed by atoms with E-state index in [1.807, 2.05) is 6.08 Å². The van der Waals surface area contributed by atoms with Gasteiger partial charge in [0.15, 0.2) is 0 Å². The summed E-state index contributed by atoms with van der Waals surface area (Å²) in [6.07, 6.45) is 2.99. The molecule has 15 nitrogen and oxygen atoms in total. The molecule has 3 aliphatic carbocycles. The topological polar surface area (TPSA) is 198 Å². The number of alkyl carbamates (subject to hydrolysis) is 1. The van der Waals surface area contributed by atoms with E-state index in [4.69, 9.17) is 9.47 Å². The molecule has 1 aromatic carbocycles. The van der Waals surface area contributed by atoms with E-state index in [1.165, 1.54) is 28.7 Å². The highest BCUT2D eigenvalue weighted by Crippen LogP contribution is 2.45. The van der Waals surface area contributed by atoms with Gasteiger partial charge in [-0.25, -0.2) is 22.4 Å². The van der Waals surface area contributed by atoms with Crippen LogP contribution >= 0.6 is 0 Å². The molecule has 2 aliphatic heterocycles. The van der Waals surface area contributed by atoms with E-state index >= 15 is 0 Å². The van der Waals surface area contributed by atoms with E-state index < -0.39 is 86.2 Å². The minimum absolute atomic E-state index is 0.0446. The average molecular weight is 786 g/mol. The lowest BCUT2D eigenvalue weighted by molar-refractivity contribution is -0.141. The number of halogens is 1. The molecule has 298 valence electrons. The minimum atomic E-state index is -3.97. The second-order valence-corrected chi connectivity index (χ2v) is 18.0. The zero-order valence-corrected chi connectivity index (χ0v) is 32.0. The molecular weight excluding hydrogens is 738 g/mol. The Morgan fingerprint density at radius 1 is 1.11 bits per heavy atom. The van der Waals surface area contributed by atoms with Gasteiger partial charge in [-0.05, 0) is 70.9 Å². The second kappa shape index (κ2) is 15.4. The Kier molecular flexibility index (Phi) is 11.2. The van der Waals surface area contributed by atoms with Crippen molar-refractivity contribution in [3.05, 3.63) is 59.4 Å². The number of hydrogen-bond donors (Lipinski definition) is 3. The maximum absolute atomic E-state index is 14.4. The Morgan fingerprint density at radius 3 is 2.45 bits per heavy atom. The lowest BCUT2D eigenvalue weighted by atomic mass is 10.0. The van der Waals surface area contributed by atoms with Crippen LogP contribution in [0, 0.1) is 11.7 Å². The van der Waals surface area contributed by atoms with Crippen LogP contribution in [0.5, 0.6) is 0 Å². The Labute approximate surface area is 319 Å². The fourth-order valence-electron chi connectivity index (χ4n) is 6.97. The van der Waals surface area contributed by atoms with Gasteiger partial charge in [0.25, 0.3) is 5.91 Å². The number of fused-ring (bicyclic) bond motifs is 1. The van der Waals surface area contributed by atoms with Crippen LogP contribution in [0.25, 0.3) is 0 Å². The van der Waals surface area contributed by atoms with Crippen LogP contribution in [0.2, 0.25) is 0 Å². The van der Waals surface area contributed by atoms with Crippen molar-refractivity contribution < 1.29 is 51.0 Å². The van der Waals surface area contributed by atoms with Gasteiger partial charge in [-0.15, -0.1) is 6.58 Å². The van der Waals surface area contributed by atoms with Crippen LogP contribution < -0.4 is 15.4 Å². The van der Waals surface area contributed by atoms with Crippen LogP contribution in [-0.4, -0.2) is 95.0 Å². The summed E-state index contributed by atoms with van der Waals surface area (Å²) in [5.74, 6) is -3.75. The van der Waals surface area contributed by atoms with Gasteiger partial charge in [0, 0.05) is 37.3 Å². The summed E-state index contributed by atoms with van der Waals surface area (Å²) in [6, 6.07) is 1.84. The van der Waals surface area contributed by atoms with Crippen molar-refractivity contribution in [1.82, 2.24) is 25.2 Å². The molecule has 5 aliphatic rings. The Bertz CT molecular complexity index is 1920. The van der Waals surface area contributed by atoms with Crippen molar-refractivity contribution in [3.63, 3.8) is 0 Å². The van der Waals surface area contributed by atoms with E-state index in [9.17, 15) is 41.6 Å². The summed E-state index contributed by atoms with van der Waals surface area (Å²) in [4.78, 5) is 83.6. The zero-order chi connectivity index (χ0) is 39.9. The van der Waals surface area contributed by atoms with E-state index in [2.05, 4.69) is 21.9 Å². The van der Waals surface area contributed by atoms with E-state index in [-0.39, 0.29) is 57.5 Å². The van der Waals surface area contributed by atoms with Gasteiger partial charge in [0.2, 0.25) is 21.8 Å². The molecule has 4 fully saturated rings. The Morgan fingerprint density at radius 2 is 1.84 bits per heavy atom. The van der Waals surface area contributed by atoms with Crippen molar-refractivity contribution in [1.29, 1.82) is 0 Å². The first-order valence-electron chi connectivity index (χ1n) is 18.6. The number of amides is 5. The molecule has 2 heterocycles. The fraction of sp³-hybridized carbons (Fsp3) is 0.579. The molecule has 3 saturated carbocycles. The predicted octanol–water partition coefficient (Wildman–Crippen LogP) is 3.27. The third-order valence-electron chi connectivity index (χ3n) is 10.4. The first-order chi connectivity index (χ1) is 25.9. The van der Waals surface area contributed by atoms with Crippen molar-refractivity contribution in [2.24, 2.45) is 5.92 Å². The monoisotopic (exact) mass is 785 g/mol. The number of ketones is 1. The zero-order valence-electron chi connectivity index (χ0n) is 31.2. The molecule has 5 atom stereocenters. The highest BCUT2D eigenvalue weighted by atomic mass is 32.2. The molecule has 3 N–H and O–H groups in total. The molecule has 1 aromatic rings. The fourth-order valence-corrected chi connectivity index (χ4v) is 8.33. The van der Waals surface area contributed by atoms with Crippen LogP contribution in [0.1, 0.15) is 89.7 Å². The summed E-state index contributed by atoms with van der Waals surface area (Å²) in [5.41, 5.74) is -0.442. The third kappa shape index (κ3) is 9.54. The van der Waals surface area contributed by atoms with Gasteiger partial charge in [0.1, 0.15) is 40.9 Å². The molecule has 55 heavy (non-hydrogen) atoms. The van der Waals surface area contributed by atoms with E-state index in [1.54, 1.807) is 26.8 Å². The molecule has 0 spiro atoms. The molecule has 1 saturated heterocycles. The quantitative estimate of drug-likeness (QED) is 0.236. The number of carbonyl (C=O) groups excluding carboxylic acids is 6. The maximum Gasteiger partial charge on any atom is 0.410 e. The Balaban J connectivity index is 1.22. The van der Waals surface area contributed by atoms with Gasteiger partial charge in [-0.2, -0.15) is 0 Å². The molecule has 17 heteroatoms. The summed E-state index contributed by atoms with van der Waals surface area (Å²) in [6.45, 7) is 8.38. The molecule has 0 aromatic heterocycles. The smallest absolute Gasteiger partial charge is 0.410 e. The lowest BCUT2D eigenvalue weighted by Crippen LogP contribution is -2.58. The second-order valence-electron chi connectivity index (χ2n) is 16.0. The van der Waals surface area contributed by atoms with Gasteiger partial charge in [0.05, 0.1) is 18.3 Å². The Hall–Kier alpha value is -4.80. The highest BCUT2D eigenvalue weighted by molar-refractivity contribution is 7.91. The van der Waals surface area contributed by atoms with Gasteiger partial charge in [-0.3, -0.25) is 28.8 Å². The maximum atomic E-state index is 14.4. The van der Waals surface area contributed by atoms with Gasteiger partial charge in [-0.1, -0.05) is 29.9 Å². The summed E-state index contributed by atoms with van der Waals surface area (Å²) < 4.78 is 53.1. The van der Waals surface area contributed by atoms with Crippen LogP contribution in [0.15, 0.2) is 42.5 Å². The highest BCUT2D eigenvalue weighted by Gasteiger charge is 2.62. The lowest BCUT2D eigenvalue weighted by Gasteiger charge is -2.30. The molecular formula is C38H48FN5O10S. The van der Waals surface area contributed by atoms with E-state index in [0.29, 0.717) is 24.0 Å². The number of ether oxygens (including phenoxy) is 2. The molecule has 0 radical (unpaired) electrons. The molecule has 1 unspecified atom stereocenters. The number of sulfonamides is 1. The van der Waals surface area contributed by atoms with Crippen molar-refractivity contribution in [2.75, 3.05) is 6.54 Å². The summed E-state index contributed by atoms with van der Waals surface area (Å²) in [5, 5.41) is 4.52. The van der Waals surface area contributed by atoms with Crippen LogP contribution in [-0.2, 0) is 51.8 Å². The number of likely N-dealkylation sites (tertiary alicyclic amines) is 1. The van der Waals surface area contributed by atoms with Gasteiger partial charge < -0.3 is 25.0 Å². The van der Waals surface area contributed by atoms with Crippen molar-refractivity contribution in [3.8, 4) is 0 Å². The number of Topliss-reactive ketones (excluding diaryl/α,β-unsaturated/α-hetero) is 1. The summed E-state index contributed by atoms with van der Waals surface area (Å²) in [7, 11) is -3.97. The van der Waals surface area contributed by atoms with Crippen LogP contribution in [0.4, 0.5) is 14.0 Å². The third-order valence-corrected chi connectivity index (χ3v) is 12.2. The normalized spacial score (nSPS) is 24.6. The van der Waals surface area contributed by atoms with Crippen molar-refractivity contribution in [2.45, 2.75) is 126 Å². The number of nitrogens with zero attached hydrogens (tertiary/aromatic N) is 2. The molecule has 6 rings (SSSR count). The van der Waals surface area contributed by atoms with Crippen LogP contribution in [0.3, 0.4) is 0 Å². The SMILES string of the molecule is C=C[C@@H]1C[C@]1(NC(=O)[C@@H]1CC(OC(=O)N2Cc3cccc(F)c3C2)CN1C(=O)[C@H](CCC(=O)CC=C1CC1)NC(=O)OC(C)(C)C)C(=O)NS(=O)(=O)C1CC1. The first kappa shape index (κ1) is 39.9.